The first-order valence-electron chi connectivity index (χ1n) is 8.87. The molecule has 0 saturated heterocycles. The molecule has 0 aliphatic rings. The molecule has 3 aromatic rings. The number of hydrogen-bond donors (Lipinski definition) is 3. The Bertz CT molecular complexity index is 1200. The molecule has 0 aliphatic carbocycles. The fourth-order valence-corrected chi connectivity index (χ4v) is 3.44. The standard InChI is InChI=1S/C20H20N6O3S/c1-13-3-4-16(11-18(13)30(22,27)28)25-20-23-12-14(2)19(26-20)24-15-5-7-17(8-6-15)29-10-9-21/h3-8,11-12H,10H2,1-2H3,(H2,22,27,28)(H2,23,24,25,26). The van der Waals surface area contributed by atoms with E-state index < -0.39 is 10.0 Å². The van der Waals surface area contributed by atoms with Crippen LogP contribution in [-0.4, -0.2) is 25.0 Å². The first-order chi connectivity index (χ1) is 14.3. The summed E-state index contributed by atoms with van der Waals surface area (Å²) in [4.78, 5) is 8.74. The van der Waals surface area contributed by atoms with Crippen molar-refractivity contribution in [1.29, 1.82) is 5.26 Å². The van der Waals surface area contributed by atoms with Crippen LogP contribution in [0.5, 0.6) is 5.75 Å². The molecule has 0 radical (unpaired) electrons. The first kappa shape index (κ1) is 21.0. The number of nitrogens with two attached hydrogens (primary N) is 1. The molecule has 0 atom stereocenters. The molecule has 0 unspecified atom stereocenters. The van der Waals surface area contributed by atoms with Crippen LogP contribution < -0.4 is 20.5 Å². The van der Waals surface area contributed by atoms with Crippen molar-refractivity contribution in [3.8, 4) is 11.8 Å². The molecule has 1 heterocycles. The summed E-state index contributed by atoms with van der Waals surface area (Å²) in [5.74, 6) is 1.46. The summed E-state index contributed by atoms with van der Waals surface area (Å²) >= 11 is 0. The number of benzene rings is 2. The highest BCUT2D eigenvalue weighted by atomic mass is 32.2. The summed E-state index contributed by atoms with van der Waals surface area (Å²) in [7, 11) is -3.83. The predicted molar refractivity (Wildman–Crippen MR) is 113 cm³/mol. The van der Waals surface area contributed by atoms with E-state index >= 15 is 0 Å². The molecule has 9 nitrogen and oxygen atoms in total. The fraction of sp³-hybridized carbons (Fsp3) is 0.150. The summed E-state index contributed by atoms with van der Waals surface area (Å²) in [5, 5.41) is 20.0. The van der Waals surface area contributed by atoms with Crippen molar-refractivity contribution in [2.75, 3.05) is 17.2 Å². The van der Waals surface area contributed by atoms with Crippen molar-refractivity contribution < 1.29 is 13.2 Å². The van der Waals surface area contributed by atoms with Gasteiger partial charge in [-0.05, 0) is 55.8 Å². The summed E-state index contributed by atoms with van der Waals surface area (Å²) in [5.41, 5.74) is 2.65. The van der Waals surface area contributed by atoms with Crippen LogP contribution in [0, 0.1) is 25.2 Å². The second kappa shape index (κ2) is 8.77. The Kier molecular flexibility index (Phi) is 6.15. The third kappa shape index (κ3) is 5.22. The van der Waals surface area contributed by atoms with Crippen molar-refractivity contribution in [2.45, 2.75) is 18.7 Å². The van der Waals surface area contributed by atoms with Crippen LogP contribution in [0.15, 0.2) is 53.6 Å². The van der Waals surface area contributed by atoms with Gasteiger partial charge in [-0.1, -0.05) is 6.07 Å². The first-order valence-corrected chi connectivity index (χ1v) is 10.4. The highest BCUT2D eigenvalue weighted by Gasteiger charge is 2.13. The molecule has 0 aliphatic heterocycles. The van der Waals surface area contributed by atoms with Crippen LogP contribution in [0.2, 0.25) is 0 Å². The zero-order chi connectivity index (χ0) is 21.7. The number of sulfonamides is 1. The van der Waals surface area contributed by atoms with E-state index in [4.69, 9.17) is 15.1 Å². The summed E-state index contributed by atoms with van der Waals surface area (Å²) in [6.45, 7) is 3.52. The normalized spacial score (nSPS) is 10.9. The van der Waals surface area contributed by atoms with Gasteiger partial charge in [-0.15, -0.1) is 0 Å². The van der Waals surface area contributed by atoms with E-state index in [0.717, 1.165) is 11.3 Å². The van der Waals surface area contributed by atoms with E-state index in [1.54, 1.807) is 49.5 Å². The third-order valence-corrected chi connectivity index (χ3v) is 5.20. The van der Waals surface area contributed by atoms with Crippen molar-refractivity contribution in [1.82, 2.24) is 9.97 Å². The number of nitriles is 1. The number of anilines is 4. The highest BCUT2D eigenvalue weighted by Crippen LogP contribution is 2.24. The van der Waals surface area contributed by atoms with Crippen molar-refractivity contribution in [3.63, 3.8) is 0 Å². The molecule has 0 fully saturated rings. The van der Waals surface area contributed by atoms with E-state index in [1.165, 1.54) is 6.07 Å². The van der Waals surface area contributed by atoms with E-state index in [-0.39, 0.29) is 11.5 Å². The minimum absolute atomic E-state index is 0.0149. The van der Waals surface area contributed by atoms with Gasteiger partial charge in [0.2, 0.25) is 16.0 Å². The zero-order valence-corrected chi connectivity index (χ0v) is 17.2. The molecule has 0 amide bonds. The van der Waals surface area contributed by atoms with Crippen LogP contribution in [-0.2, 0) is 10.0 Å². The van der Waals surface area contributed by atoms with Gasteiger partial charge in [-0.2, -0.15) is 10.2 Å². The SMILES string of the molecule is Cc1ccc(Nc2ncc(C)c(Nc3ccc(OCC#N)cc3)n2)cc1S(N)(=O)=O. The molecule has 30 heavy (non-hydrogen) atoms. The monoisotopic (exact) mass is 424 g/mol. The minimum Gasteiger partial charge on any atom is -0.479 e. The lowest BCUT2D eigenvalue weighted by Crippen LogP contribution is -2.14. The average molecular weight is 424 g/mol. The van der Waals surface area contributed by atoms with Crippen molar-refractivity contribution in [3.05, 3.63) is 59.8 Å². The van der Waals surface area contributed by atoms with E-state index in [1.807, 2.05) is 13.0 Å². The van der Waals surface area contributed by atoms with Crippen LogP contribution in [0.4, 0.5) is 23.1 Å². The van der Waals surface area contributed by atoms with Crippen LogP contribution in [0.25, 0.3) is 0 Å². The highest BCUT2D eigenvalue weighted by molar-refractivity contribution is 7.89. The second-order valence-electron chi connectivity index (χ2n) is 6.47. The Morgan fingerprint density at radius 1 is 1.07 bits per heavy atom. The van der Waals surface area contributed by atoms with Gasteiger partial charge in [-0.3, -0.25) is 0 Å². The van der Waals surface area contributed by atoms with E-state index in [2.05, 4.69) is 20.6 Å². The van der Waals surface area contributed by atoms with E-state index in [0.29, 0.717) is 28.8 Å². The van der Waals surface area contributed by atoms with Gasteiger partial charge in [0.1, 0.15) is 17.6 Å². The van der Waals surface area contributed by atoms with Gasteiger partial charge in [-0.25, -0.2) is 18.5 Å². The lowest BCUT2D eigenvalue weighted by atomic mass is 10.2. The van der Waals surface area contributed by atoms with Crippen LogP contribution in [0.3, 0.4) is 0 Å². The topological polar surface area (TPSA) is 143 Å². The summed E-state index contributed by atoms with van der Waals surface area (Å²) < 4.78 is 28.7. The molecular weight excluding hydrogens is 404 g/mol. The minimum atomic E-state index is -3.83. The number of primary sulfonamides is 1. The Morgan fingerprint density at radius 3 is 2.43 bits per heavy atom. The number of hydrogen-bond acceptors (Lipinski definition) is 8. The molecule has 10 heteroatoms. The average Bonchev–Trinajstić information content (AvgIpc) is 2.70. The predicted octanol–water partition coefficient (Wildman–Crippen LogP) is 3.13. The number of aromatic nitrogens is 2. The Morgan fingerprint density at radius 2 is 1.77 bits per heavy atom. The molecule has 154 valence electrons. The number of ether oxygens (including phenoxy) is 1. The molecule has 0 saturated carbocycles. The smallest absolute Gasteiger partial charge is 0.238 e. The molecule has 1 aromatic heterocycles. The van der Waals surface area contributed by atoms with Crippen molar-refractivity contribution in [2.24, 2.45) is 5.14 Å². The molecule has 3 rings (SSSR count). The van der Waals surface area contributed by atoms with Gasteiger partial charge < -0.3 is 15.4 Å². The number of nitrogens with one attached hydrogen (secondary N) is 2. The largest absolute Gasteiger partial charge is 0.479 e. The molecule has 0 spiro atoms. The molecule has 2 aromatic carbocycles. The zero-order valence-electron chi connectivity index (χ0n) is 16.4. The lowest BCUT2D eigenvalue weighted by Gasteiger charge is -2.12. The van der Waals surface area contributed by atoms with Crippen molar-refractivity contribution >= 4 is 33.2 Å². The van der Waals surface area contributed by atoms with Crippen LogP contribution in [0.1, 0.15) is 11.1 Å². The van der Waals surface area contributed by atoms with Crippen LogP contribution >= 0.6 is 0 Å². The lowest BCUT2D eigenvalue weighted by molar-refractivity contribution is 0.368. The van der Waals surface area contributed by atoms with Gasteiger partial charge in [0.15, 0.2) is 6.61 Å². The fourth-order valence-electron chi connectivity index (χ4n) is 2.63. The maximum Gasteiger partial charge on any atom is 0.238 e. The molecular formula is C20H20N6O3S. The number of aryl methyl sites for hydroxylation is 2. The maximum absolute atomic E-state index is 11.7. The van der Waals surface area contributed by atoms with Gasteiger partial charge in [0.25, 0.3) is 0 Å². The van der Waals surface area contributed by atoms with E-state index in [9.17, 15) is 8.42 Å². The number of nitrogens with zero attached hydrogens (tertiary/aromatic N) is 3. The molecule has 0 bridgehead atoms. The Labute approximate surface area is 174 Å². The third-order valence-electron chi connectivity index (χ3n) is 4.14. The van der Waals surface area contributed by atoms with Gasteiger partial charge in [0, 0.05) is 23.1 Å². The quantitative estimate of drug-likeness (QED) is 0.525. The Hall–Kier alpha value is -3.68. The second-order valence-corrected chi connectivity index (χ2v) is 8.00. The number of rotatable bonds is 7. The summed E-state index contributed by atoms with van der Waals surface area (Å²) in [6.07, 6.45) is 1.65. The maximum atomic E-state index is 11.7. The van der Waals surface area contributed by atoms with Gasteiger partial charge in [0.05, 0.1) is 4.90 Å². The molecule has 4 N–H and O–H groups in total. The summed E-state index contributed by atoms with van der Waals surface area (Å²) in [6, 6.07) is 13.8. The Balaban J connectivity index is 1.80. The van der Waals surface area contributed by atoms with Gasteiger partial charge >= 0.3 is 0 Å².